The first-order chi connectivity index (χ1) is 3.91. The Hall–Kier alpha value is 1.12. The van der Waals surface area contributed by atoms with E-state index < -0.39 is 3.25 Å². The number of halogens is 4. The summed E-state index contributed by atoms with van der Waals surface area (Å²) in [5, 5.41) is 0. The van der Waals surface area contributed by atoms with Crippen LogP contribution in [0.5, 0.6) is 0 Å². The highest BCUT2D eigenvalue weighted by molar-refractivity contribution is 6.83. The molecule has 0 amide bonds. The number of rotatable bonds is 1. The first-order valence-electron chi connectivity index (χ1n) is 2.37. The van der Waals surface area contributed by atoms with Crippen molar-refractivity contribution in [1.29, 1.82) is 0 Å². The molecule has 0 aliphatic heterocycles. The van der Waals surface area contributed by atoms with Crippen molar-refractivity contribution in [3.05, 3.63) is 0 Å². The third-order valence-electron chi connectivity index (χ3n) is 0.289. The topological polar surface area (TPSA) is 26.0 Å². The molecular weight excluding hydrogens is 204 g/mol. The van der Waals surface area contributed by atoms with Gasteiger partial charge in [0.25, 0.3) is 3.25 Å². The SMILES string of the molecule is CCCN.ClC(Cl)(Cl)Cl. The van der Waals surface area contributed by atoms with Crippen LogP contribution in [-0.4, -0.2) is 9.80 Å². The van der Waals surface area contributed by atoms with Gasteiger partial charge in [-0.3, -0.25) is 0 Å². The minimum Gasteiger partial charge on any atom is -0.330 e. The van der Waals surface area contributed by atoms with E-state index in [1.807, 2.05) is 0 Å². The van der Waals surface area contributed by atoms with Crippen molar-refractivity contribution in [2.24, 2.45) is 5.73 Å². The highest BCUT2D eigenvalue weighted by Gasteiger charge is 2.11. The van der Waals surface area contributed by atoms with Crippen LogP contribution in [0.25, 0.3) is 0 Å². The molecule has 0 aromatic carbocycles. The molecule has 9 heavy (non-hydrogen) atoms. The van der Waals surface area contributed by atoms with Crippen molar-refractivity contribution in [2.75, 3.05) is 6.54 Å². The minimum atomic E-state index is -1.61. The number of alkyl halides is 4. The largest absolute Gasteiger partial charge is 0.330 e. The lowest BCUT2D eigenvalue weighted by molar-refractivity contribution is 0.932. The van der Waals surface area contributed by atoms with Gasteiger partial charge in [0.15, 0.2) is 0 Å². The molecule has 0 aliphatic rings. The third-order valence-corrected chi connectivity index (χ3v) is 0.289. The maximum Gasteiger partial charge on any atom is 0.266 e. The number of hydrogen-bond donors (Lipinski definition) is 1. The molecule has 0 rings (SSSR count). The van der Waals surface area contributed by atoms with Crippen LogP contribution >= 0.6 is 46.4 Å². The van der Waals surface area contributed by atoms with E-state index in [1.165, 1.54) is 0 Å². The third kappa shape index (κ3) is 103. The molecule has 0 atom stereocenters. The zero-order valence-electron chi connectivity index (χ0n) is 5.00. The van der Waals surface area contributed by atoms with Gasteiger partial charge in [0.2, 0.25) is 0 Å². The zero-order valence-corrected chi connectivity index (χ0v) is 8.03. The van der Waals surface area contributed by atoms with Gasteiger partial charge in [-0.2, -0.15) is 0 Å². The molecule has 58 valence electrons. The lowest BCUT2D eigenvalue weighted by Gasteiger charge is -1.91. The van der Waals surface area contributed by atoms with E-state index in [9.17, 15) is 0 Å². The minimum absolute atomic E-state index is 0.819. The molecule has 0 saturated heterocycles. The van der Waals surface area contributed by atoms with E-state index in [1.54, 1.807) is 0 Å². The van der Waals surface area contributed by atoms with Crippen molar-refractivity contribution in [1.82, 2.24) is 0 Å². The van der Waals surface area contributed by atoms with Crippen LogP contribution < -0.4 is 5.73 Å². The maximum atomic E-state index is 5.03. The lowest BCUT2D eigenvalue weighted by Crippen LogP contribution is -1.93. The van der Waals surface area contributed by atoms with Crippen LogP contribution in [0, 0.1) is 0 Å². The van der Waals surface area contributed by atoms with Crippen LogP contribution in [0.2, 0.25) is 0 Å². The summed E-state index contributed by atoms with van der Waals surface area (Å²) in [5.74, 6) is 0. The molecule has 2 N–H and O–H groups in total. The number of nitrogens with two attached hydrogens (primary N) is 1. The Labute approximate surface area is 75.4 Å². The summed E-state index contributed by atoms with van der Waals surface area (Å²) in [6.07, 6.45) is 1.10. The van der Waals surface area contributed by atoms with Crippen molar-refractivity contribution in [2.45, 2.75) is 16.6 Å². The van der Waals surface area contributed by atoms with Gasteiger partial charge in [-0.05, 0) is 13.0 Å². The van der Waals surface area contributed by atoms with Crippen molar-refractivity contribution in [3.8, 4) is 0 Å². The molecule has 0 aromatic heterocycles. The van der Waals surface area contributed by atoms with Crippen LogP contribution in [0.4, 0.5) is 0 Å². The fraction of sp³-hybridized carbons (Fsp3) is 1.00. The molecule has 0 aliphatic carbocycles. The molecule has 0 radical (unpaired) electrons. The molecule has 0 heterocycles. The standard InChI is InChI=1S/C3H9N.CCl4/c1-2-3-4;2-1(3,4)5/h2-4H2,1H3;. The molecule has 0 saturated carbocycles. The van der Waals surface area contributed by atoms with E-state index in [-0.39, 0.29) is 0 Å². The quantitative estimate of drug-likeness (QED) is 0.665. The summed E-state index contributed by atoms with van der Waals surface area (Å²) in [5.41, 5.74) is 5.03. The summed E-state index contributed by atoms with van der Waals surface area (Å²) in [4.78, 5) is 0. The second-order valence-corrected chi connectivity index (χ2v) is 4.65. The van der Waals surface area contributed by atoms with Crippen molar-refractivity contribution < 1.29 is 0 Å². The zero-order chi connectivity index (χ0) is 7.91. The number of hydrogen-bond acceptors (Lipinski definition) is 1. The Balaban J connectivity index is 0. The van der Waals surface area contributed by atoms with E-state index in [4.69, 9.17) is 52.1 Å². The van der Waals surface area contributed by atoms with E-state index in [0.29, 0.717) is 0 Å². The smallest absolute Gasteiger partial charge is 0.266 e. The van der Waals surface area contributed by atoms with Gasteiger partial charge < -0.3 is 5.73 Å². The average Bonchev–Trinajstić information content (AvgIpc) is 1.61. The molecular formula is C4H9Cl4N. The summed E-state index contributed by atoms with van der Waals surface area (Å²) >= 11 is 19.3. The predicted molar refractivity (Wildman–Crippen MR) is 45.5 cm³/mol. The summed E-state index contributed by atoms with van der Waals surface area (Å²) in [6, 6.07) is 0. The maximum absolute atomic E-state index is 5.03. The van der Waals surface area contributed by atoms with E-state index in [0.717, 1.165) is 13.0 Å². The molecule has 0 unspecified atom stereocenters. The summed E-state index contributed by atoms with van der Waals surface area (Å²) < 4.78 is -1.61. The van der Waals surface area contributed by atoms with Crippen molar-refractivity contribution >= 4 is 46.4 Å². The van der Waals surface area contributed by atoms with Gasteiger partial charge >= 0.3 is 0 Å². The Kier molecular flexibility index (Phi) is 10.3. The van der Waals surface area contributed by atoms with Crippen LogP contribution in [-0.2, 0) is 0 Å². The molecule has 5 heteroatoms. The highest BCUT2D eigenvalue weighted by atomic mass is 35.6. The second-order valence-electron chi connectivity index (χ2n) is 1.22. The molecule has 0 aromatic rings. The molecule has 0 fully saturated rings. The van der Waals surface area contributed by atoms with Gasteiger partial charge in [0, 0.05) is 0 Å². The van der Waals surface area contributed by atoms with Gasteiger partial charge in [0.05, 0.1) is 0 Å². The Morgan fingerprint density at radius 2 is 1.33 bits per heavy atom. The molecule has 0 bridgehead atoms. The van der Waals surface area contributed by atoms with Gasteiger partial charge in [-0.25, -0.2) is 0 Å². The first kappa shape index (κ1) is 12.8. The van der Waals surface area contributed by atoms with Gasteiger partial charge in [0.1, 0.15) is 0 Å². The van der Waals surface area contributed by atoms with Crippen molar-refractivity contribution in [3.63, 3.8) is 0 Å². The fourth-order valence-corrected chi connectivity index (χ4v) is 0. The monoisotopic (exact) mass is 211 g/mol. The summed E-state index contributed by atoms with van der Waals surface area (Å²) in [7, 11) is 0. The Morgan fingerprint density at radius 3 is 1.33 bits per heavy atom. The molecule has 1 nitrogen and oxygen atoms in total. The van der Waals surface area contributed by atoms with E-state index in [2.05, 4.69) is 6.92 Å². The first-order valence-corrected chi connectivity index (χ1v) is 3.88. The average molecular weight is 213 g/mol. The predicted octanol–water partition coefficient (Wildman–Crippen LogP) is 2.91. The van der Waals surface area contributed by atoms with Crippen LogP contribution in [0.1, 0.15) is 13.3 Å². The van der Waals surface area contributed by atoms with Gasteiger partial charge in [-0.1, -0.05) is 53.3 Å². The van der Waals surface area contributed by atoms with Gasteiger partial charge in [-0.15, -0.1) is 0 Å². The lowest BCUT2D eigenvalue weighted by atomic mass is 10.5. The normalized spacial score (nSPS) is 10.0. The Bertz CT molecular complexity index is 43.0. The highest BCUT2D eigenvalue weighted by Crippen LogP contribution is 2.29. The van der Waals surface area contributed by atoms with Crippen LogP contribution in [0.3, 0.4) is 0 Å². The Morgan fingerprint density at radius 1 is 1.22 bits per heavy atom. The summed E-state index contributed by atoms with van der Waals surface area (Å²) in [6.45, 7) is 2.88. The van der Waals surface area contributed by atoms with E-state index >= 15 is 0 Å². The van der Waals surface area contributed by atoms with Crippen LogP contribution in [0.15, 0.2) is 0 Å². The second kappa shape index (κ2) is 7.23. The fourth-order valence-electron chi connectivity index (χ4n) is 0. The molecule has 0 spiro atoms.